The summed E-state index contributed by atoms with van der Waals surface area (Å²) in [6, 6.07) is 15.3. The van der Waals surface area contributed by atoms with Gasteiger partial charge >= 0.3 is 5.97 Å². The second kappa shape index (κ2) is 9.60. The highest BCUT2D eigenvalue weighted by Gasteiger charge is 2.25. The van der Waals surface area contributed by atoms with Gasteiger partial charge in [0.05, 0.1) is 10.6 Å². The number of para-hydroxylation sites is 1. The number of amides is 1. The molecule has 0 radical (unpaired) electrons. The van der Waals surface area contributed by atoms with Gasteiger partial charge in [0, 0.05) is 5.69 Å². The van der Waals surface area contributed by atoms with Gasteiger partial charge in [0.15, 0.2) is 12.2 Å². The summed E-state index contributed by atoms with van der Waals surface area (Å²) in [6.45, 7) is 3.26. The molecule has 2 atom stereocenters. The van der Waals surface area contributed by atoms with Gasteiger partial charge < -0.3 is 14.8 Å². The van der Waals surface area contributed by atoms with Gasteiger partial charge in [-0.3, -0.25) is 4.79 Å². The largest absolute Gasteiger partial charge is 0.479 e. The van der Waals surface area contributed by atoms with Crippen molar-refractivity contribution < 1.29 is 19.1 Å². The lowest BCUT2D eigenvalue weighted by molar-refractivity contribution is -0.160. The van der Waals surface area contributed by atoms with Crippen molar-refractivity contribution >= 4 is 29.2 Å². The Hall–Kier alpha value is -3.04. The molecule has 1 amide bonds. The Morgan fingerprint density at radius 1 is 1.22 bits per heavy atom. The third kappa shape index (κ3) is 5.73. The van der Waals surface area contributed by atoms with Crippen molar-refractivity contribution in [3.63, 3.8) is 0 Å². The molecule has 0 bridgehead atoms. The first-order valence-electron chi connectivity index (χ1n) is 8.37. The number of hydrogen-bond acceptors (Lipinski definition) is 5. The number of carbonyl (C=O) groups excluding carboxylic acids is 2. The number of hydrogen-bond donors (Lipinski definition) is 1. The van der Waals surface area contributed by atoms with Gasteiger partial charge in [0.25, 0.3) is 5.91 Å². The molecule has 27 heavy (non-hydrogen) atoms. The van der Waals surface area contributed by atoms with E-state index >= 15 is 0 Å². The van der Waals surface area contributed by atoms with Crippen LogP contribution in [0.5, 0.6) is 5.75 Å². The van der Waals surface area contributed by atoms with Crippen LogP contribution in [0, 0.1) is 11.3 Å². The van der Waals surface area contributed by atoms with Crippen LogP contribution in [0.25, 0.3) is 0 Å². The first kappa shape index (κ1) is 20.3. The van der Waals surface area contributed by atoms with E-state index in [0.29, 0.717) is 23.4 Å². The van der Waals surface area contributed by atoms with E-state index in [1.165, 1.54) is 19.1 Å². The van der Waals surface area contributed by atoms with Crippen molar-refractivity contribution in [2.24, 2.45) is 0 Å². The van der Waals surface area contributed by atoms with Crippen LogP contribution >= 0.6 is 11.6 Å². The molecule has 0 aliphatic heterocycles. The Morgan fingerprint density at radius 2 is 1.93 bits per heavy atom. The molecule has 0 aliphatic rings. The van der Waals surface area contributed by atoms with E-state index in [1.54, 1.807) is 37.3 Å². The third-order valence-electron chi connectivity index (χ3n) is 3.67. The molecule has 0 unspecified atom stereocenters. The highest BCUT2D eigenvalue weighted by molar-refractivity contribution is 6.32. The maximum absolute atomic E-state index is 12.3. The van der Waals surface area contributed by atoms with E-state index < -0.39 is 24.1 Å². The van der Waals surface area contributed by atoms with E-state index in [2.05, 4.69) is 5.32 Å². The summed E-state index contributed by atoms with van der Waals surface area (Å²) in [5.74, 6) is -0.591. The lowest BCUT2D eigenvalue weighted by Crippen LogP contribution is -2.36. The molecule has 0 saturated carbocycles. The zero-order valence-electron chi connectivity index (χ0n) is 14.9. The number of ether oxygens (including phenoxy) is 2. The maximum atomic E-state index is 12.3. The minimum Gasteiger partial charge on any atom is -0.479 e. The smallest absolute Gasteiger partial charge is 0.348 e. The molecule has 0 aliphatic carbocycles. The number of halogens is 1. The van der Waals surface area contributed by atoms with E-state index in [4.69, 9.17) is 26.3 Å². The molecule has 6 nitrogen and oxygen atoms in total. The molecule has 0 saturated heterocycles. The summed E-state index contributed by atoms with van der Waals surface area (Å²) in [7, 11) is 0. The van der Waals surface area contributed by atoms with Gasteiger partial charge in [-0.1, -0.05) is 36.7 Å². The molecule has 0 fully saturated rings. The number of nitrogens with zero attached hydrogens (tertiary/aromatic N) is 1. The predicted octanol–water partition coefficient (Wildman–Crippen LogP) is 3.94. The highest BCUT2D eigenvalue weighted by Crippen LogP contribution is 2.20. The number of carbonyl (C=O) groups is 2. The number of anilines is 1. The Kier molecular flexibility index (Phi) is 7.21. The molecule has 2 rings (SSSR count). The van der Waals surface area contributed by atoms with Crippen molar-refractivity contribution in [2.75, 3.05) is 5.32 Å². The van der Waals surface area contributed by atoms with Crippen LogP contribution in [-0.2, 0) is 14.3 Å². The molecule has 140 valence electrons. The lowest BCUT2D eigenvalue weighted by Gasteiger charge is -2.19. The first-order chi connectivity index (χ1) is 12.9. The van der Waals surface area contributed by atoms with E-state index in [-0.39, 0.29) is 5.02 Å². The number of rotatable bonds is 7. The Labute approximate surface area is 162 Å². The van der Waals surface area contributed by atoms with Crippen LogP contribution in [0.2, 0.25) is 5.02 Å². The Morgan fingerprint density at radius 3 is 2.52 bits per heavy atom. The summed E-state index contributed by atoms with van der Waals surface area (Å²) in [5, 5.41) is 11.7. The van der Waals surface area contributed by atoms with Crippen LogP contribution in [0.4, 0.5) is 5.69 Å². The zero-order chi connectivity index (χ0) is 19.8. The van der Waals surface area contributed by atoms with Gasteiger partial charge in [0.1, 0.15) is 11.8 Å². The summed E-state index contributed by atoms with van der Waals surface area (Å²) in [6.07, 6.45) is -1.44. The molecule has 0 aromatic heterocycles. The molecule has 0 heterocycles. The second-order valence-electron chi connectivity index (χ2n) is 5.70. The fourth-order valence-corrected chi connectivity index (χ4v) is 2.42. The fourth-order valence-electron chi connectivity index (χ4n) is 2.19. The number of nitrogens with one attached hydrogen (secondary N) is 1. The predicted molar refractivity (Wildman–Crippen MR) is 101 cm³/mol. The lowest BCUT2D eigenvalue weighted by atomic mass is 10.2. The molecular formula is C20H19ClN2O4. The monoisotopic (exact) mass is 386 g/mol. The van der Waals surface area contributed by atoms with Crippen LogP contribution < -0.4 is 10.1 Å². The van der Waals surface area contributed by atoms with Crippen molar-refractivity contribution in [1.29, 1.82) is 5.26 Å². The SMILES string of the molecule is CC[C@@H](Oc1ccccc1)C(=O)O[C@H](C)C(=O)Nc1ccc(C#N)c(Cl)c1. The molecule has 7 heteroatoms. The highest BCUT2D eigenvalue weighted by atomic mass is 35.5. The van der Waals surface area contributed by atoms with Gasteiger partial charge in [-0.2, -0.15) is 5.26 Å². The van der Waals surface area contributed by atoms with Crippen LogP contribution in [0.1, 0.15) is 25.8 Å². The summed E-state index contributed by atoms with van der Waals surface area (Å²) < 4.78 is 10.8. The van der Waals surface area contributed by atoms with Crippen molar-refractivity contribution in [3.8, 4) is 11.8 Å². The van der Waals surface area contributed by atoms with Gasteiger partial charge in [0.2, 0.25) is 0 Å². The van der Waals surface area contributed by atoms with Gasteiger partial charge in [-0.15, -0.1) is 0 Å². The minimum atomic E-state index is -1.03. The quantitative estimate of drug-likeness (QED) is 0.728. The third-order valence-corrected chi connectivity index (χ3v) is 3.99. The first-order valence-corrected chi connectivity index (χ1v) is 8.75. The van der Waals surface area contributed by atoms with Crippen molar-refractivity contribution in [2.45, 2.75) is 32.5 Å². The van der Waals surface area contributed by atoms with Gasteiger partial charge in [-0.25, -0.2) is 4.79 Å². The molecule has 1 N–H and O–H groups in total. The Balaban J connectivity index is 1.95. The van der Waals surface area contributed by atoms with Crippen LogP contribution in [-0.4, -0.2) is 24.1 Å². The average Bonchev–Trinajstić information content (AvgIpc) is 2.66. The number of esters is 1. The minimum absolute atomic E-state index is 0.224. The van der Waals surface area contributed by atoms with Gasteiger partial charge in [-0.05, 0) is 43.7 Å². The fraction of sp³-hybridized carbons (Fsp3) is 0.250. The summed E-state index contributed by atoms with van der Waals surface area (Å²) in [5.41, 5.74) is 0.706. The maximum Gasteiger partial charge on any atom is 0.348 e. The molecule has 2 aromatic carbocycles. The van der Waals surface area contributed by atoms with Crippen molar-refractivity contribution in [1.82, 2.24) is 0 Å². The van der Waals surface area contributed by atoms with E-state index in [0.717, 1.165) is 0 Å². The normalized spacial score (nSPS) is 12.4. The number of benzene rings is 2. The molecule has 2 aromatic rings. The van der Waals surface area contributed by atoms with E-state index in [9.17, 15) is 9.59 Å². The average molecular weight is 387 g/mol. The topological polar surface area (TPSA) is 88.4 Å². The Bertz CT molecular complexity index is 849. The van der Waals surface area contributed by atoms with Crippen molar-refractivity contribution in [3.05, 3.63) is 59.1 Å². The number of nitriles is 1. The standard InChI is InChI=1S/C20H19ClN2O4/c1-3-18(27-16-7-5-4-6-8-16)20(25)26-13(2)19(24)23-15-10-9-14(12-22)17(21)11-15/h4-11,13,18H,3H2,1-2H3,(H,23,24)/t13-,18-/m1/s1. The molecule has 0 spiro atoms. The van der Waals surface area contributed by atoms with Crippen LogP contribution in [0.15, 0.2) is 48.5 Å². The summed E-state index contributed by atoms with van der Waals surface area (Å²) >= 11 is 5.94. The second-order valence-corrected chi connectivity index (χ2v) is 6.11. The van der Waals surface area contributed by atoms with E-state index in [1.807, 2.05) is 12.1 Å². The zero-order valence-corrected chi connectivity index (χ0v) is 15.7. The summed E-state index contributed by atoms with van der Waals surface area (Å²) in [4.78, 5) is 24.5. The van der Waals surface area contributed by atoms with Crippen LogP contribution in [0.3, 0.4) is 0 Å². The molecular weight excluding hydrogens is 368 g/mol.